The summed E-state index contributed by atoms with van der Waals surface area (Å²) in [5.74, 6) is 0.804. The standard InChI is InChI=1S/C9H11N5.ClH/c1-10-7-9-11-12-13-14(9)8-5-3-2-4-6-8;/h2-6,10H,7H2,1H3;1H. The fraction of sp³-hybridized carbons (Fsp3) is 0.222. The number of hydrogen-bond acceptors (Lipinski definition) is 4. The maximum absolute atomic E-state index is 3.92. The van der Waals surface area contributed by atoms with Crippen LogP contribution in [0.4, 0.5) is 0 Å². The molecule has 15 heavy (non-hydrogen) atoms. The minimum atomic E-state index is 0. The second kappa shape index (κ2) is 5.43. The maximum atomic E-state index is 3.92. The molecule has 2 rings (SSSR count). The number of tetrazole rings is 1. The third-order valence-corrected chi connectivity index (χ3v) is 1.87. The normalized spacial score (nSPS) is 9.67. The van der Waals surface area contributed by atoms with Gasteiger partial charge >= 0.3 is 0 Å². The Labute approximate surface area is 93.9 Å². The van der Waals surface area contributed by atoms with E-state index in [0.717, 1.165) is 11.5 Å². The van der Waals surface area contributed by atoms with Crippen LogP contribution >= 0.6 is 12.4 Å². The molecule has 0 aliphatic heterocycles. The lowest BCUT2D eigenvalue weighted by Crippen LogP contribution is -2.12. The largest absolute Gasteiger partial charge is 0.313 e. The Bertz CT molecular complexity index is 400. The first-order valence-corrected chi connectivity index (χ1v) is 4.39. The summed E-state index contributed by atoms with van der Waals surface area (Å²) in [5.41, 5.74) is 0.975. The van der Waals surface area contributed by atoms with Crippen LogP contribution < -0.4 is 5.32 Å². The zero-order valence-corrected chi connectivity index (χ0v) is 9.11. The Hall–Kier alpha value is -1.46. The van der Waals surface area contributed by atoms with Gasteiger partial charge < -0.3 is 5.32 Å². The first-order valence-electron chi connectivity index (χ1n) is 4.39. The Morgan fingerprint density at radius 1 is 1.27 bits per heavy atom. The van der Waals surface area contributed by atoms with Crippen LogP contribution in [0, 0.1) is 0 Å². The van der Waals surface area contributed by atoms with Crippen molar-refractivity contribution in [1.82, 2.24) is 25.5 Å². The highest BCUT2D eigenvalue weighted by molar-refractivity contribution is 5.85. The predicted molar refractivity (Wildman–Crippen MR) is 59.2 cm³/mol. The van der Waals surface area contributed by atoms with E-state index >= 15 is 0 Å². The number of benzene rings is 1. The van der Waals surface area contributed by atoms with E-state index in [4.69, 9.17) is 0 Å². The first-order chi connectivity index (χ1) is 6.92. The minimum absolute atomic E-state index is 0. The molecule has 0 saturated heterocycles. The third kappa shape index (κ3) is 2.51. The van der Waals surface area contributed by atoms with Crippen molar-refractivity contribution in [2.45, 2.75) is 6.54 Å². The fourth-order valence-corrected chi connectivity index (χ4v) is 1.24. The molecule has 1 aromatic heterocycles. The van der Waals surface area contributed by atoms with Gasteiger partial charge in [0.2, 0.25) is 0 Å². The number of halogens is 1. The third-order valence-electron chi connectivity index (χ3n) is 1.87. The van der Waals surface area contributed by atoms with Gasteiger partial charge in [0.25, 0.3) is 0 Å². The summed E-state index contributed by atoms with van der Waals surface area (Å²) in [5, 5.41) is 14.5. The van der Waals surface area contributed by atoms with Crippen LogP contribution in [0.2, 0.25) is 0 Å². The molecule has 0 aliphatic rings. The van der Waals surface area contributed by atoms with E-state index in [1.54, 1.807) is 4.68 Å². The second-order valence-corrected chi connectivity index (χ2v) is 2.87. The highest BCUT2D eigenvalue weighted by Crippen LogP contribution is 2.06. The number of rotatable bonds is 3. The van der Waals surface area contributed by atoms with Crippen molar-refractivity contribution in [3.63, 3.8) is 0 Å². The van der Waals surface area contributed by atoms with E-state index in [2.05, 4.69) is 20.8 Å². The van der Waals surface area contributed by atoms with Crippen LogP contribution in [0.15, 0.2) is 30.3 Å². The van der Waals surface area contributed by atoms with Gasteiger partial charge in [0, 0.05) is 0 Å². The number of para-hydroxylation sites is 1. The Kier molecular flexibility index (Phi) is 4.20. The molecule has 1 aromatic carbocycles. The lowest BCUT2D eigenvalue weighted by atomic mass is 10.3. The molecule has 5 nitrogen and oxygen atoms in total. The average molecular weight is 226 g/mol. The van der Waals surface area contributed by atoms with Crippen LogP contribution in [-0.2, 0) is 6.54 Å². The molecule has 1 heterocycles. The summed E-state index contributed by atoms with van der Waals surface area (Å²) in [7, 11) is 1.87. The molecule has 0 unspecified atom stereocenters. The molecule has 0 spiro atoms. The van der Waals surface area contributed by atoms with Gasteiger partial charge in [0.1, 0.15) is 0 Å². The maximum Gasteiger partial charge on any atom is 0.170 e. The van der Waals surface area contributed by atoms with Gasteiger partial charge in [-0.25, -0.2) is 0 Å². The van der Waals surface area contributed by atoms with E-state index < -0.39 is 0 Å². The summed E-state index contributed by atoms with van der Waals surface area (Å²) in [6.45, 7) is 0.655. The van der Waals surface area contributed by atoms with E-state index in [0.29, 0.717) is 6.54 Å². The fourth-order valence-electron chi connectivity index (χ4n) is 1.24. The summed E-state index contributed by atoms with van der Waals surface area (Å²) in [4.78, 5) is 0. The highest BCUT2D eigenvalue weighted by Gasteiger charge is 2.05. The van der Waals surface area contributed by atoms with Crippen LogP contribution in [0.5, 0.6) is 0 Å². The molecule has 0 atom stereocenters. The average Bonchev–Trinajstić information content (AvgIpc) is 2.68. The van der Waals surface area contributed by atoms with Crippen molar-refractivity contribution in [2.24, 2.45) is 0 Å². The van der Waals surface area contributed by atoms with Crippen molar-refractivity contribution in [1.29, 1.82) is 0 Å². The molecule has 80 valence electrons. The number of hydrogen-bond donors (Lipinski definition) is 1. The second-order valence-electron chi connectivity index (χ2n) is 2.87. The molecule has 0 amide bonds. The van der Waals surface area contributed by atoms with Crippen LogP contribution in [0.25, 0.3) is 5.69 Å². The van der Waals surface area contributed by atoms with Gasteiger partial charge in [-0.3, -0.25) is 0 Å². The predicted octanol–water partition coefficient (Wildman–Crippen LogP) is 0.803. The molecule has 2 aromatic rings. The molecule has 1 N–H and O–H groups in total. The van der Waals surface area contributed by atoms with Crippen molar-refractivity contribution in [3.8, 4) is 5.69 Å². The summed E-state index contributed by atoms with van der Waals surface area (Å²) < 4.78 is 1.72. The lowest BCUT2D eigenvalue weighted by Gasteiger charge is -2.02. The molecular formula is C9H12ClN5. The summed E-state index contributed by atoms with van der Waals surface area (Å²) in [6, 6.07) is 9.82. The van der Waals surface area contributed by atoms with Crippen molar-refractivity contribution < 1.29 is 0 Å². The lowest BCUT2D eigenvalue weighted by molar-refractivity contribution is 0.709. The van der Waals surface area contributed by atoms with Crippen LogP contribution in [0.1, 0.15) is 5.82 Å². The molecule has 0 radical (unpaired) electrons. The monoisotopic (exact) mass is 225 g/mol. The zero-order chi connectivity index (χ0) is 9.80. The van der Waals surface area contributed by atoms with Gasteiger partial charge in [-0.1, -0.05) is 18.2 Å². The van der Waals surface area contributed by atoms with Gasteiger partial charge in [-0.15, -0.1) is 17.5 Å². The van der Waals surface area contributed by atoms with Gasteiger partial charge in [-0.2, -0.15) is 4.68 Å². The molecule has 0 fully saturated rings. The van der Waals surface area contributed by atoms with E-state index in [-0.39, 0.29) is 12.4 Å². The van der Waals surface area contributed by atoms with Crippen molar-refractivity contribution in [2.75, 3.05) is 7.05 Å². The Morgan fingerprint density at radius 3 is 2.67 bits per heavy atom. The molecule has 0 aliphatic carbocycles. The van der Waals surface area contributed by atoms with Crippen LogP contribution in [0.3, 0.4) is 0 Å². The Balaban J connectivity index is 0.00000112. The van der Waals surface area contributed by atoms with Gasteiger partial charge in [-0.05, 0) is 29.6 Å². The quantitative estimate of drug-likeness (QED) is 0.840. The Morgan fingerprint density at radius 2 is 2.00 bits per heavy atom. The van der Waals surface area contributed by atoms with Gasteiger partial charge in [0.15, 0.2) is 5.82 Å². The zero-order valence-electron chi connectivity index (χ0n) is 8.29. The molecule has 0 bridgehead atoms. The number of nitrogens with one attached hydrogen (secondary N) is 1. The summed E-state index contributed by atoms with van der Waals surface area (Å²) >= 11 is 0. The molecule has 6 heteroatoms. The number of aromatic nitrogens is 4. The van der Waals surface area contributed by atoms with Crippen molar-refractivity contribution >= 4 is 12.4 Å². The number of nitrogens with zero attached hydrogens (tertiary/aromatic N) is 4. The van der Waals surface area contributed by atoms with Crippen LogP contribution in [-0.4, -0.2) is 27.3 Å². The van der Waals surface area contributed by atoms with Gasteiger partial charge in [0.05, 0.1) is 12.2 Å². The highest BCUT2D eigenvalue weighted by atomic mass is 35.5. The van der Waals surface area contributed by atoms with E-state index in [1.807, 2.05) is 37.4 Å². The van der Waals surface area contributed by atoms with E-state index in [9.17, 15) is 0 Å². The minimum Gasteiger partial charge on any atom is -0.313 e. The topological polar surface area (TPSA) is 55.6 Å². The van der Waals surface area contributed by atoms with E-state index in [1.165, 1.54) is 0 Å². The van der Waals surface area contributed by atoms with Crippen molar-refractivity contribution in [3.05, 3.63) is 36.2 Å². The summed E-state index contributed by atoms with van der Waals surface area (Å²) in [6.07, 6.45) is 0. The molecule has 0 saturated carbocycles. The SMILES string of the molecule is CNCc1nnnn1-c1ccccc1.Cl. The smallest absolute Gasteiger partial charge is 0.170 e. The molecular weight excluding hydrogens is 214 g/mol. The first kappa shape index (κ1) is 11.6.